The Labute approximate surface area is 168 Å². The van der Waals surface area contributed by atoms with Gasteiger partial charge >= 0.3 is 0 Å². The Bertz CT molecular complexity index is 1000. The molecule has 0 fully saturated rings. The highest BCUT2D eigenvalue weighted by Crippen LogP contribution is 2.39. The van der Waals surface area contributed by atoms with Crippen molar-refractivity contribution >= 4 is 40.5 Å². The molecule has 136 valence electrons. The van der Waals surface area contributed by atoms with Crippen molar-refractivity contribution in [1.29, 1.82) is 0 Å². The van der Waals surface area contributed by atoms with Crippen LogP contribution in [0.1, 0.15) is 34.6 Å². The lowest BCUT2D eigenvalue weighted by atomic mass is 10.0. The molecule has 0 radical (unpaired) electrons. The monoisotopic (exact) mass is 396 g/mol. The number of carbonyl (C=O) groups excluding carboxylic acids is 1. The third-order valence-electron chi connectivity index (χ3n) is 4.81. The summed E-state index contributed by atoms with van der Waals surface area (Å²) in [5.74, 6) is -0.0652. The molecule has 0 unspecified atom stereocenters. The molecule has 1 N–H and O–H groups in total. The molecule has 3 aromatic carbocycles. The molecule has 1 atom stereocenters. The van der Waals surface area contributed by atoms with Crippen LogP contribution in [0.15, 0.2) is 66.7 Å². The molecule has 3 nitrogen and oxygen atoms in total. The largest absolute Gasteiger partial charge is 0.360 e. The zero-order chi connectivity index (χ0) is 19.0. The summed E-state index contributed by atoms with van der Waals surface area (Å²) in [6.45, 7) is 2.11. The van der Waals surface area contributed by atoms with Gasteiger partial charge in [-0.15, -0.1) is 0 Å². The second kappa shape index (κ2) is 7.26. The molecule has 0 saturated carbocycles. The van der Waals surface area contributed by atoms with Gasteiger partial charge in [-0.25, -0.2) is 0 Å². The number of carbonyl (C=O) groups is 1. The van der Waals surface area contributed by atoms with E-state index in [0.29, 0.717) is 15.6 Å². The molecule has 0 aromatic heterocycles. The topological polar surface area (TPSA) is 32.3 Å². The van der Waals surface area contributed by atoms with Crippen molar-refractivity contribution in [1.82, 2.24) is 0 Å². The van der Waals surface area contributed by atoms with Gasteiger partial charge < -0.3 is 5.32 Å². The normalized spacial score (nSPS) is 16.0. The van der Waals surface area contributed by atoms with Crippen LogP contribution in [0.3, 0.4) is 0 Å². The molecule has 1 heterocycles. The van der Waals surface area contributed by atoms with Crippen LogP contribution in [0.4, 0.5) is 11.4 Å². The molecule has 1 aliphatic heterocycles. The summed E-state index contributed by atoms with van der Waals surface area (Å²) in [6.07, 6.45) is 0.520. The fraction of sp³-hybridized carbons (Fsp3) is 0.136. The molecule has 4 rings (SSSR count). The van der Waals surface area contributed by atoms with E-state index in [1.807, 2.05) is 54.6 Å². The highest BCUT2D eigenvalue weighted by atomic mass is 35.5. The Morgan fingerprint density at radius 2 is 1.74 bits per heavy atom. The van der Waals surface area contributed by atoms with Crippen LogP contribution < -0.4 is 10.2 Å². The minimum atomic E-state index is -0.426. The third-order valence-corrected chi connectivity index (χ3v) is 5.37. The summed E-state index contributed by atoms with van der Waals surface area (Å²) < 4.78 is 0. The lowest BCUT2D eigenvalue weighted by molar-refractivity contribution is 0.0975. The maximum absolute atomic E-state index is 13.4. The molecule has 5 heteroatoms. The van der Waals surface area contributed by atoms with Gasteiger partial charge in [0.25, 0.3) is 5.91 Å². The van der Waals surface area contributed by atoms with Crippen molar-refractivity contribution in [2.45, 2.75) is 19.5 Å². The van der Waals surface area contributed by atoms with Gasteiger partial charge in [-0.2, -0.15) is 0 Å². The fourth-order valence-electron chi connectivity index (χ4n) is 3.35. The smallest absolute Gasteiger partial charge is 0.262 e. The van der Waals surface area contributed by atoms with Crippen molar-refractivity contribution < 1.29 is 4.79 Å². The number of anilines is 2. The van der Waals surface area contributed by atoms with Crippen LogP contribution in [0.25, 0.3) is 0 Å². The maximum atomic E-state index is 13.4. The average molecular weight is 397 g/mol. The van der Waals surface area contributed by atoms with E-state index in [9.17, 15) is 4.79 Å². The van der Waals surface area contributed by atoms with E-state index in [2.05, 4.69) is 12.2 Å². The number of benzene rings is 3. The molecule has 1 aliphatic rings. The summed E-state index contributed by atoms with van der Waals surface area (Å²) >= 11 is 12.5. The SMILES string of the molecule is CCc1ccc(N2C(=O)c3ccccc3N[C@H]2c2ccc(Cl)cc2Cl)cc1. The number of halogens is 2. The fourth-order valence-corrected chi connectivity index (χ4v) is 3.86. The summed E-state index contributed by atoms with van der Waals surface area (Å²) in [7, 11) is 0. The molecular weight excluding hydrogens is 379 g/mol. The van der Waals surface area contributed by atoms with Gasteiger partial charge in [0.15, 0.2) is 0 Å². The summed E-state index contributed by atoms with van der Waals surface area (Å²) in [6, 6.07) is 20.9. The lowest BCUT2D eigenvalue weighted by Crippen LogP contribution is -2.43. The number of fused-ring (bicyclic) bond motifs is 1. The minimum Gasteiger partial charge on any atom is -0.360 e. The quantitative estimate of drug-likeness (QED) is 0.560. The average Bonchev–Trinajstić information content (AvgIpc) is 2.68. The van der Waals surface area contributed by atoms with E-state index in [0.717, 1.165) is 23.4 Å². The number of amides is 1. The molecule has 0 aliphatic carbocycles. The third kappa shape index (κ3) is 3.29. The summed E-state index contributed by atoms with van der Waals surface area (Å²) in [5.41, 5.74) is 4.26. The second-order valence-corrected chi connectivity index (χ2v) is 7.30. The maximum Gasteiger partial charge on any atom is 0.262 e. The first kappa shape index (κ1) is 17.9. The molecular formula is C22H18Cl2N2O. The summed E-state index contributed by atoms with van der Waals surface area (Å²) in [5, 5.41) is 4.54. The number of nitrogens with one attached hydrogen (secondary N) is 1. The predicted octanol–water partition coefficient (Wildman–Crippen LogP) is 6.33. The van der Waals surface area contributed by atoms with Gasteiger partial charge in [-0.05, 0) is 48.4 Å². The number of aryl methyl sites for hydroxylation is 1. The number of hydrogen-bond donors (Lipinski definition) is 1. The lowest BCUT2D eigenvalue weighted by Gasteiger charge is -2.38. The number of nitrogens with zero attached hydrogens (tertiary/aromatic N) is 1. The van der Waals surface area contributed by atoms with Crippen LogP contribution >= 0.6 is 23.2 Å². The van der Waals surface area contributed by atoms with Gasteiger partial charge in [-0.1, -0.05) is 60.5 Å². The van der Waals surface area contributed by atoms with Crippen molar-refractivity contribution in [3.63, 3.8) is 0 Å². The first-order chi connectivity index (χ1) is 13.1. The van der Waals surface area contributed by atoms with E-state index in [1.54, 1.807) is 17.0 Å². The van der Waals surface area contributed by atoms with Crippen molar-refractivity contribution in [3.8, 4) is 0 Å². The van der Waals surface area contributed by atoms with Gasteiger partial charge in [-0.3, -0.25) is 9.69 Å². The van der Waals surface area contributed by atoms with Crippen molar-refractivity contribution in [3.05, 3.63) is 93.5 Å². The Morgan fingerprint density at radius 1 is 1.00 bits per heavy atom. The number of rotatable bonds is 3. The second-order valence-electron chi connectivity index (χ2n) is 6.45. The molecule has 0 saturated heterocycles. The molecule has 1 amide bonds. The van der Waals surface area contributed by atoms with Gasteiger partial charge in [0, 0.05) is 27.0 Å². The van der Waals surface area contributed by atoms with Gasteiger partial charge in [0.1, 0.15) is 6.17 Å². The molecule has 0 spiro atoms. The Morgan fingerprint density at radius 3 is 2.44 bits per heavy atom. The predicted molar refractivity (Wildman–Crippen MR) is 112 cm³/mol. The first-order valence-corrected chi connectivity index (χ1v) is 9.57. The summed E-state index contributed by atoms with van der Waals surface area (Å²) in [4.78, 5) is 15.1. The van der Waals surface area contributed by atoms with E-state index < -0.39 is 6.17 Å². The van der Waals surface area contributed by atoms with Crippen LogP contribution in [0.5, 0.6) is 0 Å². The molecule has 27 heavy (non-hydrogen) atoms. The number of para-hydroxylation sites is 1. The number of hydrogen-bond acceptors (Lipinski definition) is 2. The van der Waals surface area contributed by atoms with Crippen LogP contribution in [-0.2, 0) is 6.42 Å². The minimum absolute atomic E-state index is 0.0652. The van der Waals surface area contributed by atoms with Crippen molar-refractivity contribution in [2.24, 2.45) is 0 Å². The highest BCUT2D eigenvalue weighted by molar-refractivity contribution is 6.35. The van der Waals surface area contributed by atoms with E-state index in [-0.39, 0.29) is 5.91 Å². The Kier molecular flexibility index (Phi) is 4.81. The standard InChI is InChI=1S/C22H18Cl2N2O/c1-2-14-7-10-16(11-8-14)26-21(17-12-9-15(23)13-19(17)24)25-20-6-4-3-5-18(20)22(26)27/h3-13,21,25H,2H2,1H3/t21-/m1/s1. The Hall–Kier alpha value is -2.49. The van der Waals surface area contributed by atoms with Crippen LogP contribution in [0, 0.1) is 0 Å². The van der Waals surface area contributed by atoms with Crippen LogP contribution in [-0.4, -0.2) is 5.91 Å². The zero-order valence-electron chi connectivity index (χ0n) is 14.7. The van der Waals surface area contributed by atoms with Gasteiger partial charge in [0.05, 0.1) is 5.56 Å². The van der Waals surface area contributed by atoms with E-state index >= 15 is 0 Å². The Balaban J connectivity index is 1.86. The van der Waals surface area contributed by atoms with Crippen LogP contribution in [0.2, 0.25) is 10.0 Å². The first-order valence-electron chi connectivity index (χ1n) is 8.81. The zero-order valence-corrected chi connectivity index (χ0v) is 16.3. The van der Waals surface area contributed by atoms with Gasteiger partial charge in [0.2, 0.25) is 0 Å². The molecule has 0 bridgehead atoms. The van der Waals surface area contributed by atoms with E-state index in [4.69, 9.17) is 23.2 Å². The highest BCUT2D eigenvalue weighted by Gasteiger charge is 2.34. The molecule has 3 aromatic rings. The van der Waals surface area contributed by atoms with Crippen molar-refractivity contribution in [2.75, 3.05) is 10.2 Å². The van der Waals surface area contributed by atoms with E-state index in [1.165, 1.54) is 5.56 Å².